The summed E-state index contributed by atoms with van der Waals surface area (Å²) < 4.78 is 0. The van der Waals surface area contributed by atoms with Gasteiger partial charge in [-0.15, -0.1) is 0 Å². The molecule has 0 aromatic heterocycles. The van der Waals surface area contributed by atoms with E-state index in [2.05, 4.69) is 20.8 Å². The molecule has 2 heteroatoms. The summed E-state index contributed by atoms with van der Waals surface area (Å²) in [6.45, 7) is 14.3. The van der Waals surface area contributed by atoms with Crippen molar-refractivity contribution >= 4 is 0 Å². The first-order valence-corrected chi connectivity index (χ1v) is 6.59. The van der Waals surface area contributed by atoms with Gasteiger partial charge in [-0.05, 0) is 23.3 Å². The first kappa shape index (κ1) is 14.9. The van der Waals surface area contributed by atoms with Crippen molar-refractivity contribution in [3.05, 3.63) is 22.8 Å². The fourth-order valence-corrected chi connectivity index (χ4v) is 2.44. The predicted molar refractivity (Wildman–Crippen MR) is 76.5 cm³/mol. The van der Waals surface area contributed by atoms with Crippen molar-refractivity contribution < 1.29 is 10.2 Å². The van der Waals surface area contributed by atoms with Gasteiger partial charge in [0.05, 0.1) is 0 Å². The van der Waals surface area contributed by atoms with E-state index in [0.29, 0.717) is 11.5 Å². The number of hydrogen-bond donors (Lipinski definition) is 2. The van der Waals surface area contributed by atoms with Crippen LogP contribution in [0.2, 0.25) is 0 Å². The Kier molecular flexibility index (Phi) is 3.71. The third kappa shape index (κ3) is 2.63. The van der Waals surface area contributed by atoms with Crippen molar-refractivity contribution in [2.45, 2.75) is 65.7 Å². The molecule has 0 saturated heterocycles. The summed E-state index contributed by atoms with van der Waals surface area (Å²) in [7, 11) is 0. The monoisotopic (exact) mass is 250 g/mol. The van der Waals surface area contributed by atoms with Gasteiger partial charge in [0.15, 0.2) is 0 Å². The van der Waals surface area contributed by atoms with Gasteiger partial charge >= 0.3 is 0 Å². The largest absolute Gasteiger partial charge is 0.508 e. The lowest BCUT2D eigenvalue weighted by Crippen LogP contribution is -2.19. The number of phenolic OH excluding ortho intramolecular Hbond substituents is 2. The highest BCUT2D eigenvalue weighted by atomic mass is 16.3. The molecular formula is C16H26O2. The molecule has 0 saturated carbocycles. The molecule has 1 aromatic rings. The quantitative estimate of drug-likeness (QED) is 0.731. The highest BCUT2D eigenvalue weighted by molar-refractivity contribution is 5.57. The van der Waals surface area contributed by atoms with E-state index in [4.69, 9.17) is 0 Å². The lowest BCUT2D eigenvalue weighted by atomic mass is 9.76. The third-order valence-electron chi connectivity index (χ3n) is 3.30. The van der Waals surface area contributed by atoms with Crippen molar-refractivity contribution in [1.29, 1.82) is 0 Å². The van der Waals surface area contributed by atoms with E-state index in [9.17, 15) is 10.2 Å². The molecule has 0 aliphatic carbocycles. The fraction of sp³-hybridized carbons (Fsp3) is 0.625. The summed E-state index contributed by atoms with van der Waals surface area (Å²) in [5.41, 5.74) is 2.16. The van der Waals surface area contributed by atoms with Crippen LogP contribution in [-0.2, 0) is 17.3 Å². The van der Waals surface area contributed by atoms with Crippen molar-refractivity contribution in [2.24, 2.45) is 0 Å². The zero-order chi connectivity index (χ0) is 14.3. The Morgan fingerprint density at radius 3 is 1.78 bits per heavy atom. The molecule has 0 radical (unpaired) electrons. The molecule has 0 amide bonds. The van der Waals surface area contributed by atoms with Crippen molar-refractivity contribution in [2.75, 3.05) is 0 Å². The van der Waals surface area contributed by atoms with Gasteiger partial charge in [-0.2, -0.15) is 0 Å². The Bertz CT molecular complexity index is 446. The molecule has 1 rings (SSSR count). The van der Waals surface area contributed by atoms with E-state index in [-0.39, 0.29) is 10.8 Å². The maximum atomic E-state index is 10.6. The lowest BCUT2D eigenvalue weighted by Gasteiger charge is -2.30. The second-order valence-electron chi connectivity index (χ2n) is 7.00. The van der Waals surface area contributed by atoms with Crippen LogP contribution in [0, 0.1) is 0 Å². The average Bonchev–Trinajstić information content (AvgIpc) is 2.16. The van der Waals surface area contributed by atoms with Crippen LogP contribution in [0.25, 0.3) is 0 Å². The Morgan fingerprint density at radius 2 is 1.44 bits per heavy atom. The minimum Gasteiger partial charge on any atom is -0.508 e. The van der Waals surface area contributed by atoms with E-state index >= 15 is 0 Å². The summed E-state index contributed by atoms with van der Waals surface area (Å²) in [6.07, 6.45) is 0.719. The summed E-state index contributed by atoms with van der Waals surface area (Å²) in [6, 6.07) is 1.71. The van der Waals surface area contributed by atoms with Gasteiger partial charge < -0.3 is 10.2 Å². The lowest BCUT2D eigenvalue weighted by molar-refractivity contribution is 0.408. The fourth-order valence-electron chi connectivity index (χ4n) is 2.44. The first-order chi connectivity index (χ1) is 8.00. The van der Waals surface area contributed by atoms with E-state index in [1.807, 2.05) is 27.7 Å². The van der Waals surface area contributed by atoms with Crippen LogP contribution in [-0.4, -0.2) is 10.2 Å². The summed E-state index contributed by atoms with van der Waals surface area (Å²) >= 11 is 0. The number of rotatable bonds is 1. The second-order valence-corrected chi connectivity index (χ2v) is 7.00. The molecule has 0 unspecified atom stereocenters. The van der Waals surface area contributed by atoms with Crippen molar-refractivity contribution in [3.63, 3.8) is 0 Å². The van der Waals surface area contributed by atoms with Crippen LogP contribution in [0.5, 0.6) is 11.5 Å². The van der Waals surface area contributed by atoms with Gasteiger partial charge in [-0.1, -0.05) is 48.5 Å². The van der Waals surface area contributed by atoms with Gasteiger partial charge in [0, 0.05) is 16.7 Å². The number of hydrogen-bond acceptors (Lipinski definition) is 2. The molecule has 0 fully saturated rings. The van der Waals surface area contributed by atoms with Crippen LogP contribution in [0.1, 0.15) is 65.2 Å². The second kappa shape index (κ2) is 4.49. The topological polar surface area (TPSA) is 40.5 Å². The SMILES string of the molecule is CCc1c(O)cc(C(C)(C)C)c(O)c1C(C)(C)C. The molecule has 102 valence electrons. The maximum Gasteiger partial charge on any atom is 0.123 e. The smallest absolute Gasteiger partial charge is 0.123 e. The molecule has 0 heterocycles. The summed E-state index contributed by atoms with van der Waals surface area (Å²) in [5.74, 6) is 0.634. The van der Waals surface area contributed by atoms with E-state index < -0.39 is 0 Å². The van der Waals surface area contributed by atoms with Gasteiger partial charge in [0.2, 0.25) is 0 Å². The van der Waals surface area contributed by atoms with Crippen LogP contribution in [0.3, 0.4) is 0 Å². The molecule has 2 N–H and O–H groups in total. The Labute approximate surface area is 111 Å². The van der Waals surface area contributed by atoms with Gasteiger partial charge in [0.1, 0.15) is 11.5 Å². The third-order valence-corrected chi connectivity index (χ3v) is 3.30. The van der Waals surface area contributed by atoms with E-state index in [1.54, 1.807) is 6.07 Å². The summed E-state index contributed by atoms with van der Waals surface area (Å²) in [4.78, 5) is 0. The van der Waals surface area contributed by atoms with Crippen molar-refractivity contribution in [1.82, 2.24) is 0 Å². The van der Waals surface area contributed by atoms with Crippen LogP contribution < -0.4 is 0 Å². The minimum atomic E-state index is -0.187. The van der Waals surface area contributed by atoms with Crippen LogP contribution >= 0.6 is 0 Å². The predicted octanol–water partition coefficient (Wildman–Crippen LogP) is 4.26. The zero-order valence-corrected chi connectivity index (χ0v) is 12.7. The minimum absolute atomic E-state index is 0.186. The van der Waals surface area contributed by atoms with E-state index in [1.165, 1.54) is 0 Å². The molecule has 18 heavy (non-hydrogen) atoms. The molecule has 0 aliphatic rings. The molecule has 0 bridgehead atoms. The highest BCUT2D eigenvalue weighted by Crippen LogP contribution is 2.44. The Balaban J connectivity index is 3.71. The number of benzene rings is 1. The zero-order valence-electron chi connectivity index (χ0n) is 12.7. The van der Waals surface area contributed by atoms with E-state index in [0.717, 1.165) is 23.1 Å². The van der Waals surface area contributed by atoms with Gasteiger partial charge in [-0.3, -0.25) is 0 Å². The first-order valence-electron chi connectivity index (χ1n) is 6.59. The number of phenols is 2. The molecular weight excluding hydrogens is 224 g/mol. The van der Waals surface area contributed by atoms with Crippen molar-refractivity contribution in [3.8, 4) is 11.5 Å². The van der Waals surface area contributed by atoms with Crippen LogP contribution in [0.15, 0.2) is 6.07 Å². The Morgan fingerprint density at radius 1 is 0.944 bits per heavy atom. The van der Waals surface area contributed by atoms with Crippen LogP contribution in [0.4, 0.5) is 0 Å². The molecule has 1 aromatic carbocycles. The number of aromatic hydroxyl groups is 2. The molecule has 0 atom stereocenters. The maximum absolute atomic E-state index is 10.6. The normalized spacial score (nSPS) is 12.8. The van der Waals surface area contributed by atoms with Gasteiger partial charge in [0.25, 0.3) is 0 Å². The summed E-state index contributed by atoms with van der Waals surface area (Å²) in [5, 5.41) is 20.8. The molecule has 0 spiro atoms. The average molecular weight is 250 g/mol. The highest BCUT2D eigenvalue weighted by Gasteiger charge is 2.29. The standard InChI is InChI=1S/C16H26O2/c1-8-10-12(17)9-11(15(2,3)4)14(18)13(10)16(5,6)7/h9,17-18H,8H2,1-7H3. The molecule has 0 aliphatic heterocycles. The van der Waals surface area contributed by atoms with Gasteiger partial charge in [-0.25, -0.2) is 0 Å². The molecule has 2 nitrogen and oxygen atoms in total. The Hall–Kier alpha value is -1.18.